The van der Waals surface area contributed by atoms with Crippen LogP contribution in [-0.2, 0) is 16.0 Å². The topological polar surface area (TPSA) is 105 Å². The van der Waals surface area contributed by atoms with Crippen LogP contribution in [0.2, 0.25) is 0 Å². The Hall–Kier alpha value is -2.90. The number of hydrogen-bond acceptors (Lipinski definition) is 5. The summed E-state index contributed by atoms with van der Waals surface area (Å²) in [6.45, 7) is 0. The first kappa shape index (κ1) is 19.4. The van der Waals surface area contributed by atoms with Gasteiger partial charge in [0.05, 0.1) is 0 Å². The molecule has 1 unspecified atom stereocenters. The minimum absolute atomic E-state index is 0.163. The van der Waals surface area contributed by atoms with Crippen molar-refractivity contribution in [2.45, 2.75) is 18.9 Å². The van der Waals surface area contributed by atoms with Crippen molar-refractivity contribution in [3.05, 3.63) is 59.7 Å². The highest BCUT2D eigenvalue weighted by Gasteiger charge is 2.17. The van der Waals surface area contributed by atoms with E-state index in [4.69, 9.17) is 15.7 Å². The predicted octanol–water partition coefficient (Wildman–Crippen LogP) is 2.00. The van der Waals surface area contributed by atoms with E-state index < -0.39 is 11.9 Å². The highest BCUT2D eigenvalue weighted by molar-refractivity contribution is 5.82. The number of carbonyl (C=O) groups is 2. The van der Waals surface area contributed by atoms with Gasteiger partial charge in [0.2, 0.25) is 11.8 Å². The number of hydrogen-bond donors (Lipinski definition) is 3. The summed E-state index contributed by atoms with van der Waals surface area (Å²) in [6, 6.07) is 13.7. The molecule has 0 saturated carbocycles. The Bertz CT molecular complexity index is 742. The van der Waals surface area contributed by atoms with Crippen LogP contribution in [0, 0.1) is 0 Å². The van der Waals surface area contributed by atoms with Gasteiger partial charge in [-0.05, 0) is 41.8 Å². The second kappa shape index (κ2) is 8.98. The van der Waals surface area contributed by atoms with Crippen LogP contribution < -0.4 is 16.0 Å². The summed E-state index contributed by atoms with van der Waals surface area (Å²) in [4.78, 5) is 24.4. The molecule has 7 heteroatoms. The lowest BCUT2D eigenvalue weighted by atomic mass is 10.1. The molecule has 1 atom stereocenters. The van der Waals surface area contributed by atoms with E-state index in [-0.39, 0.29) is 12.3 Å². The zero-order valence-corrected chi connectivity index (χ0v) is 14.8. The maximum atomic E-state index is 11.9. The molecule has 0 radical (unpaired) electrons. The number of aryl methyl sites for hydroxylation is 1. The van der Waals surface area contributed by atoms with Gasteiger partial charge in [0, 0.05) is 20.5 Å². The summed E-state index contributed by atoms with van der Waals surface area (Å²) in [6.07, 6.45) is 0.739. The first-order chi connectivity index (χ1) is 12.4. The van der Waals surface area contributed by atoms with E-state index in [0.29, 0.717) is 23.5 Å². The SMILES string of the molecule is CN(C)C(=O)C(N)c1ccc(Oc2ccc(CCC(=O)NO)cc2)cc1. The standard InChI is InChI=1S/C19H23N3O4/c1-22(2)19(24)18(20)14-6-10-16(11-7-14)26-15-8-3-13(4-9-15)5-12-17(23)21-25/h3-4,6-11,18,25H,5,12,20H2,1-2H3,(H,21,23). The van der Waals surface area contributed by atoms with Gasteiger partial charge >= 0.3 is 0 Å². The third kappa shape index (κ3) is 5.30. The zero-order valence-electron chi connectivity index (χ0n) is 14.8. The maximum absolute atomic E-state index is 11.9. The molecule has 0 heterocycles. The van der Waals surface area contributed by atoms with E-state index in [9.17, 15) is 9.59 Å². The number of nitrogens with two attached hydrogens (primary N) is 1. The first-order valence-electron chi connectivity index (χ1n) is 8.17. The molecule has 2 aromatic carbocycles. The lowest BCUT2D eigenvalue weighted by molar-refractivity contribution is -0.130. The fraction of sp³-hybridized carbons (Fsp3) is 0.263. The summed E-state index contributed by atoms with van der Waals surface area (Å²) < 4.78 is 5.77. The highest BCUT2D eigenvalue weighted by atomic mass is 16.5. The maximum Gasteiger partial charge on any atom is 0.243 e. The Balaban J connectivity index is 1.96. The second-order valence-electron chi connectivity index (χ2n) is 6.06. The fourth-order valence-electron chi connectivity index (χ4n) is 2.34. The number of hydroxylamine groups is 1. The Morgan fingerprint density at radius 3 is 2.12 bits per heavy atom. The summed E-state index contributed by atoms with van der Waals surface area (Å²) in [5, 5.41) is 8.48. The Morgan fingerprint density at radius 1 is 1.08 bits per heavy atom. The minimum atomic E-state index is -0.700. The summed E-state index contributed by atoms with van der Waals surface area (Å²) in [5.41, 5.74) is 9.23. The fourth-order valence-corrected chi connectivity index (χ4v) is 2.34. The smallest absolute Gasteiger partial charge is 0.243 e. The molecule has 2 rings (SSSR count). The monoisotopic (exact) mass is 357 g/mol. The van der Waals surface area contributed by atoms with Gasteiger partial charge in [0.25, 0.3) is 0 Å². The van der Waals surface area contributed by atoms with E-state index in [0.717, 1.165) is 5.56 Å². The van der Waals surface area contributed by atoms with Gasteiger partial charge in [-0.2, -0.15) is 0 Å². The molecule has 138 valence electrons. The van der Waals surface area contributed by atoms with Crippen molar-refractivity contribution in [1.29, 1.82) is 0 Å². The van der Waals surface area contributed by atoms with Crippen molar-refractivity contribution in [2.24, 2.45) is 5.73 Å². The lowest BCUT2D eigenvalue weighted by Crippen LogP contribution is -2.33. The van der Waals surface area contributed by atoms with Crippen LogP contribution in [-0.4, -0.2) is 36.0 Å². The number of nitrogens with zero attached hydrogens (tertiary/aromatic N) is 1. The van der Waals surface area contributed by atoms with E-state index >= 15 is 0 Å². The minimum Gasteiger partial charge on any atom is -0.457 e. The average Bonchev–Trinajstić information content (AvgIpc) is 2.66. The van der Waals surface area contributed by atoms with Crippen LogP contribution in [0.25, 0.3) is 0 Å². The van der Waals surface area contributed by atoms with E-state index in [2.05, 4.69) is 0 Å². The molecular weight excluding hydrogens is 334 g/mol. The highest BCUT2D eigenvalue weighted by Crippen LogP contribution is 2.24. The number of nitrogens with one attached hydrogen (secondary N) is 1. The van der Waals surface area contributed by atoms with Gasteiger partial charge in [-0.15, -0.1) is 0 Å². The molecular formula is C19H23N3O4. The van der Waals surface area contributed by atoms with Crippen molar-refractivity contribution in [3.63, 3.8) is 0 Å². The zero-order chi connectivity index (χ0) is 19.1. The molecule has 0 aromatic heterocycles. The lowest BCUT2D eigenvalue weighted by Gasteiger charge is -2.17. The molecule has 0 aliphatic rings. The van der Waals surface area contributed by atoms with Gasteiger partial charge in [0.1, 0.15) is 17.5 Å². The molecule has 0 aliphatic carbocycles. The van der Waals surface area contributed by atoms with E-state index in [1.807, 2.05) is 12.1 Å². The number of rotatable bonds is 7. The van der Waals surface area contributed by atoms with Gasteiger partial charge in [-0.1, -0.05) is 24.3 Å². The van der Waals surface area contributed by atoms with Crippen molar-refractivity contribution in [2.75, 3.05) is 14.1 Å². The van der Waals surface area contributed by atoms with Crippen molar-refractivity contribution in [1.82, 2.24) is 10.4 Å². The van der Waals surface area contributed by atoms with Crippen LogP contribution in [0.1, 0.15) is 23.6 Å². The van der Waals surface area contributed by atoms with Crippen LogP contribution in [0.15, 0.2) is 48.5 Å². The molecule has 0 spiro atoms. The van der Waals surface area contributed by atoms with Crippen LogP contribution in [0.3, 0.4) is 0 Å². The molecule has 7 nitrogen and oxygen atoms in total. The average molecular weight is 357 g/mol. The third-order valence-corrected chi connectivity index (χ3v) is 3.87. The predicted molar refractivity (Wildman–Crippen MR) is 96.8 cm³/mol. The van der Waals surface area contributed by atoms with Crippen LogP contribution in [0.4, 0.5) is 0 Å². The Kier molecular flexibility index (Phi) is 6.71. The number of carbonyl (C=O) groups excluding carboxylic acids is 2. The van der Waals surface area contributed by atoms with Gasteiger partial charge in [-0.25, -0.2) is 5.48 Å². The number of likely N-dealkylation sites (N-methyl/N-ethyl adjacent to an activating group) is 1. The van der Waals surface area contributed by atoms with E-state index in [1.54, 1.807) is 56.0 Å². The van der Waals surface area contributed by atoms with Crippen molar-refractivity contribution < 1.29 is 19.5 Å². The van der Waals surface area contributed by atoms with Crippen LogP contribution in [0.5, 0.6) is 11.5 Å². The molecule has 4 N–H and O–H groups in total. The Morgan fingerprint density at radius 2 is 1.62 bits per heavy atom. The second-order valence-corrected chi connectivity index (χ2v) is 6.06. The number of amides is 2. The Labute approximate surface area is 152 Å². The normalized spacial score (nSPS) is 11.5. The first-order valence-corrected chi connectivity index (χ1v) is 8.17. The molecule has 2 amide bonds. The molecule has 2 aromatic rings. The van der Waals surface area contributed by atoms with Gasteiger partial charge in [0.15, 0.2) is 0 Å². The number of ether oxygens (including phenoxy) is 1. The summed E-state index contributed by atoms with van der Waals surface area (Å²) in [7, 11) is 3.33. The summed E-state index contributed by atoms with van der Waals surface area (Å²) in [5.74, 6) is 0.702. The van der Waals surface area contributed by atoms with Gasteiger partial charge in [-0.3, -0.25) is 14.8 Å². The molecule has 0 aliphatic heterocycles. The largest absolute Gasteiger partial charge is 0.457 e. The molecule has 26 heavy (non-hydrogen) atoms. The molecule has 0 bridgehead atoms. The van der Waals surface area contributed by atoms with Crippen LogP contribution >= 0.6 is 0 Å². The number of benzene rings is 2. The molecule has 0 fully saturated rings. The van der Waals surface area contributed by atoms with Crippen molar-refractivity contribution in [3.8, 4) is 11.5 Å². The third-order valence-electron chi connectivity index (χ3n) is 3.87. The summed E-state index contributed by atoms with van der Waals surface area (Å²) >= 11 is 0. The quantitative estimate of drug-likeness (QED) is 0.519. The van der Waals surface area contributed by atoms with E-state index in [1.165, 1.54) is 4.90 Å². The molecule has 0 saturated heterocycles. The van der Waals surface area contributed by atoms with Gasteiger partial charge < -0.3 is 15.4 Å². The van der Waals surface area contributed by atoms with Crippen molar-refractivity contribution >= 4 is 11.8 Å².